The standard InChI is InChI=1S/C13H10ClFOS/c14-9-3-5-12(15)11(8-9)13(16)6-4-10-2-1-7-17-10/h1-3,5,7-8H,4,6H2. The van der Waals surface area contributed by atoms with Crippen molar-refractivity contribution in [2.75, 3.05) is 0 Å². The molecule has 0 spiro atoms. The Morgan fingerprint density at radius 3 is 2.88 bits per heavy atom. The largest absolute Gasteiger partial charge is 0.294 e. The predicted octanol–water partition coefficient (Wildman–Crippen LogP) is 4.36. The van der Waals surface area contributed by atoms with E-state index in [0.29, 0.717) is 17.9 Å². The van der Waals surface area contributed by atoms with Crippen molar-refractivity contribution in [1.29, 1.82) is 0 Å². The third kappa shape index (κ3) is 3.14. The molecule has 0 atom stereocenters. The van der Waals surface area contributed by atoms with Crippen molar-refractivity contribution in [3.05, 3.63) is 57.0 Å². The van der Waals surface area contributed by atoms with Crippen LogP contribution in [-0.2, 0) is 6.42 Å². The van der Waals surface area contributed by atoms with Crippen molar-refractivity contribution < 1.29 is 9.18 Å². The molecular weight excluding hydrogens is 259 g/mol. The van der Waals surface area contributed by atoms with Gasteiger partial charge in [-0.25, -0.2) is 4.39 Å². The van der Waals surface area contributed by atoms with Crippen LogP contribution in [0.3, 0.4) is 0 Å². The highest BCUT2D eigenvalue weighted by Gasteiger charge is 2.12. The Balaban J connectivity index is 2.07. The fraction of sp³-hybridized carbons (Fsp3) is 0.154. The number of benzene rings is 1. The Morgan fingerprint density at radius 2 is 2.18 bits per heavy atom. The molecule has 88 valence electrons. The van der Waals surface area contributed by atoms with E-state index in [-0.39, 0.29) is 11.3 Å². The molecule has 1 heterocycles. The third-order valence-corrected chi connectivity index (χ3v) is 3.58. The molecule has 0 aliphatic rings. The van der Waals surface area contributed by atoms with Gasteiger partial charge in [-0.2, -0.15) is 0 Å². The molecule has 0 aliphatic carbocycles. The molecule has 1 aromatic heterocycles. The van der Waals surface area contributed by atoms with Gasteiger partial charge in [0.2, 0.25) is 0 Å². The van der Waals surface area contributed by atoms with Crippen molar-refractivity contribution in [2.24, 2.45) is 0 Å². The minimum absolute atomic E-state index is 0.0778. The zero-order chi connectivity index (χ0) is 12.3. The molecule has 2 aromatic rings. The maximum absolute atomic E-state index is 13.4. The van der Waals surface area contributed by atoms with Gasteiger partial charge in [0.15, 0.2) is 5.78 Å². The van der Waals surface area contributed by atoms with E-state index in [1.165, 1.54) is 18.2 Å². The number of aryl methyl sites for hydroxylation is 1. The Hall–Kier alpha value is -1.19. The number of Topliss-reactive ketones (excluding diaryl/α,β-unsaturated/α-hetero) is 1. The quantitative estimate of drug-likeness (QED) is 0.753. The van der Waals surface area contributed by atoms with Gasteiger partial charge in [-0.1, -0.05) is 17.7 Å². The molecule has 0 bridgehead atoms. The highest BCUT2D eigenvalue weighted by atomic mass is 35.5. The maximum Gasteiger partial charge on any atom is 0.166 e. The first-order chi connectivity index (χ1) is 8.16. The summed E-state index contributed by atoms with van der Waals surface area (Å²) >= 11 is 7.34. The molecule has 2 rings (SSSR count). The number of thiophene rings is 1. The molecule has 0 radical (unpaired) electrons. The van der Waals surface area contributed by atoms with Crippen LogP contribution in [0, 0.1) is 5.82 Å². The molecule has 1 nitrogen and oxygen atoms in total. The average molecular weight is 269 g/mol. The summed E-state index contributed by atoms with van der Waals surface area (Å²) in [5.74, 6) is -0.719. The van der Waals surface area contributed by atoms with Gasteiger partial charge in [-0.3, -0.25) is 4.79 Å². The van der Waals surface area contributed by atoms with E-state index < -0.39 is 5.82 Å². The summed E-state index contributed by atoms with van der Waals surface area (Å²) < 4.78 is 13.4. The van der Waals surface area contributed by atoms with Gasteiger partial charge in [0.1, 0.15) is 5.82 Å². The van der Waals surface area contributed by atoms with Crippen LogP contribution in [0.15, 0.2) is 35.7 Å². The first-order valence-corrected chi connectivity index (χ1v) is 6.43. The second kappa shape index (κ2) is 5.43. The summed E-state index contributed by atoms with van der Waals surface area (Å²) in [5, 5.41) is 2.34. The molecular formula is C13H10ClFOS. The van der Waals surface area contributed by atoms with Gasteiger partial charge < -0.3 is 0 Å². The Kier molecular flexibility index (Phi) is 3.92. The molecule has 0 amide bonds. The highest BCUT2D eigenvalue weighted by Crippen LogP contribution is 2.18. The van der Waals surface area contributed by atoms with E-state index in [1.807, 2.05) is 17.5 Å². The normalized spacial score (nSPS) is 10.5. The number of hydrogen-bond donors (Lipinski definition) is 0. The van der Waals surface area contributed by atoms with E-state index >= 15 is 0 Å². The summed E-state index contributed by atoms with van der Waals surface area (Å²) in [5.41, 5.74) is 0.0778. The fourth-order valence-corrected chi connectivity index (χ4v) is 2.42. The zero-order valence-electron chi connectivity index (χ0n) is 8.95. The number of halogens is 2. The monoisotopic (exact) mass is 268 g/mol. The molecule has 0 saturated carbocycles. The lowest BCUT2D eigenvalue weighted by molar-refractivity contribution is 0.0979. The van der Waals surface area contributed by atoms with E-state index in [4.69, 9.17) is 11.6 Å². The summed E-state index contributed by atoms with van der Waals surface area (Å²) in [6, 6.07) is 7.94. The van der Waals surface area contributed by atoms with Gasteiger partial charge in [0, 0.05) is 16.3 Å². The number of hydrogen-bond acceptors (Lipinski definition) is 2. The Morgan fingerprint density at radius 1 is 1.35 bits per heavy atom. The van der Waals surface area contributed by atoms with Crippen LogP contribution in [0.25, 0.3) is 0 Å². The average Bonchev–Trinajstić information content (AvgIpc) is 2.82. The lowest BCUT2D eigenvalue weighted by Gasteiger charge is -2.02. The highest BCUT2D eigenvalue weighted by molar-refractivity contribution is 7.09. The van der Waals surface area contributed by atoms with Gasteiger partial charge in [0.25, 0.3) is 0 Å². The second-order valence-corrected chi connectivity index (χ2v) is 5.10. The Labute approximate surface area is 108 Å². The molecule has 0 saturated heterocycles. The molecule has 0 unspecified atom stereocenters. The van der Waals surface area contributed by atoms with Crippen LogP contribution in [0.1, 0.15) is 21.7 Å². The topological polar surface area (TPSA) is 17.1 Å². The van der Waals surface area contributed by atoms with Gasteiger partial charge in [-0.05, 0) is 36.1 Å². The molecule has 17 heavy (non-hydrogen) atoms. The smallest absolute Gasteiger partial charge is 0.166 e. The number of carbonyl (C=O) groups is 1. The SMILES string of the molecule is O=C(CCc1cccs1)c1cc(Cl)ccc1F. The van der Waals surface area contributed by atoms with Gasteiger partial charge in [-0.15, -0.1) is 11.3 Å². The molecule has 1 aromatic carbocycles. The van der Waals surface area contributed by atoms with E-state index in [2.05, 4.69) is 0 Å². The molecule has 0 fully saturated rings. The lowest BCUT2D eigenvalue weighted by atomic mass is 10.1. The van der Waals surface area contributed by atoms with Crippen molar-refractivity contribution in [1.82, 2.24) is 0 Å². The number of ketones is 1. The van der Waals surface area contributed by atoms with Crippen LogP contribution in [0.4, 0.5) is 4.39 Å². The summed E-state index contributed by atoms with van der Waals surface area (Å²) in [7, 11) is 0. The zero-order valence-corrected chi connectivity index (χ0v) is 10.5. The Bertz CT molecular complexity index is 522. The van der Waals surface area contributed by atoms with Crippen LogP contribution < -0.4 is 0 Å². The third-order valence-electron chi connectivity index (χ3n) is 2.41. The number of rotatable bonds is 4. The maximum atomic E-state index is 13.4. The first kappa shape index (κ1) is 12.3. The van der Waals surface area contributed by atoms with Crippen molar-refractivity contribution in [2.45, 2.75) is 12.8 Å². The van der Waals surface area contributed by atoms with Crippen LogP contribution in [0.2, 0.25) is 5.02 Å². The van der Waals surface area contributed by atoms with Crippen molar-refractivity contribution in [3.63, 3.8) is 0 Å². The summed E-state index contributed by atoms with van der Waals surface area (Å²) in [6.07, 6.45) is 0.945. The summed E-state index contributed by atoms with van der Waals surface area (Å²) in [4.78, 5) is 12.9. The molecule has 0 N–H and O–H groups in total. The van der Waals surface area contributed by atoms with Gasteiger partial charge >= 0.3 is 0 Å². The molecule has 4 heteroatoms. The van der Waals surface area contributed by atoms with Crippen LogP contribution in [-0.4, -0.2) is 5.78 Å². The summed E-state index contributed by atoms with van der Waals surface area (Å²) in [6.45, 7) is 0. The van der Waals surface area contributed by atoms with Crippen LogP contribution in [0.5, 0.6) is 0 Å². The number of carbonyl (C=O) groups excluding carboxylic acids is 1. The fourth-order valence-electron chi connectivity index (χ4n) is 1.54. The first-order valence-electron chi connectivity index (χ1n) is 5.17. The minimum Gasteiger partial charge on any atom is -0.294 e. The van der Waals surface area contributed by atoms with E-state index in [0.717, 1.165) is 4.88 Å². The van der Waals surface area contributed by atoms with Crippen LogP contribution >= 0.6 is 22.9 Å². The van der Waals surface area contributed by atoms with E-state index in [9.17, 15) is 9.18 Å². The van der Waals surface area contributed by atoms with E-state index in [1.54, 1.807) is 11.3 Å². The van der Waals surface area contributed by atoms with Crippen molar-refractivity contribution >= 4 is 28.7 Å². The molecule has 0 aliphatic heterocycles. The minimum atomic E-state index is -0.509. The predicted molar refractivity (Wildman–Crippen MR) is 68.4 cm³/mol. The second-order valence-electron chi connectivity index (χ2n) is 3.63. The van der Waals surface area contributed by atoms with Gasteiger partial charge in [0.05, 0.1) is 5.56 Å². The lowest BCUT2D eigenvalue weighted by Crippen LogP contribution is -2.03. The van der Waals surface area contributed by atoms with Crippen molar-refractivity contribution in [3.8, 4) is 0 Å².